The summed E-state index contributed by atoms with van der Waals surface area (Å²) in [4.78, 5) is 51.1. The monoisotopic (exact) mass is 596 g/mol. The number of carbonyl (C=O) groups is 3. The minimum atomic E-state index is -3.09. The molecule has 0 bridgehead atoms. The Bertz CT molecular complexity index is 1610. The first-order chi connectivity index (χ1) is 20.7. The molecule has 0 radical (unpaired) electrons. The summed E-state index contributed by atoms with van der Waals surface area (Å²) in [5, 5.41) is 5.99. The van der Waals surface area contributed by atoms with Gasteiger partial charge in [0.25, 0.3) is 5.91 Å². The average Bonchev–Trinajstić information content (AvgIpc) is 3.60. The fourth-order valence-electron chi connectivity index (χ4n) is 4.76. The van der Waals surface area contributed by atoms with Crippen LogP contribution >= 0.6 is 0 Å². The molecule has 14 heteroatoms. The van der Waals surface area contributed by atoms with Gasteiger partial charge in [-0.2, -0.15) is 8.78 Å². The van der Waals surface area contributed by atoms with E-state index in [0.717, 1.165) is 15.8 Å². The molecule has 1 aliphatic heterocycles. The van der Waals surface area contributed by atoms with Crippen LogP contribution in [0.15, 0.2) is 61.1 Å². The van der Waals surface area contributed by atoms with Gasteiger partial charge in [0.15, 0.2) is 11.6 Å². The minimum absolute atomic E-state index is 0.0428. The van der Waals surface area contributed by atoms with Crippen molar-refractivity contribution in [3.63, 3.8) is 0 Å². The first kappa shape index (κ1) is 29.5. The Morgan fingerprint density at radius 1 is 1.12 bits per heavy atom. The molecule has 0 aliphatic carbocycles. The molecule has 1 aliphatic rings. The summed E-state index contributed by atoms with van der Waals surface area (Å²) < 4.78 is 50.2. The van der Waals surface area contributed by atoms with Crippen molar-refractivity contribution in [2.45, 2.75) is 38.6 Å². The summed E-state index contributed by atoms with van der Waals surface area (Å²) in [7, 11) is 0. The molecule has 0 saturated carbocycles. The zero-order chi connectivity index (χ0) is 30.5. The number of pyridine rings is 2. The molecular weight excluding hydrogens is 569 g/mol. The van der Waals surface area contributed by atoms with Gasteiger partial charge in [-0.1, -0.05) is 6.07 Å². The number of likely N-dealkylation sites (tertiary alicyclic amines) is 1. The van der Waals surface area contributed by atoms with E-state index >= 15 is 0 Å². The predicted octanol–water partition coefficient (Wildman–Crippen LogP) is 3.45. The fraction of sp³-hybridized carbons (Fsp3) is 0.276. The maximum absolute atomic E-state index is 14.2. The molecule has 0 unspecified atom stereocenters. The Hall–Kier alpha value is -4.98. The zero-order valence-corrected chi connectivity index (χ0v) is 22.9. The molecule has 3 N–H and O–H groups in total. The molecule has 224 valence electrons. The highest BCUT2D eigenvalue weighted by atomic mass is 19.3. The summed E-state index contributed by atoms with van der Waals surface area (Å²) in [5.74, 6) is -2.46. The van der Waals surface area contributed by atoms with Crippen LogP contribution in [0.2, 0.25) is 0 Å². The number of nitrogens with one attached hydrogen (secondary N) is 3. The van der Waals surface area contributed by atoms with E-state index in [1.807, 2.05) is 6.07 Å². The van der Waals surface area contributed by atoms with E-state index in [9.17, 15) is 27.6 Å². The van der Waals surface area contributed by atoms with Crippen LogP contribution in [0.4, 0.5) is 13.2 Å². The molecule has 5 rings (SSSR count). The third-order valence-corrected chi connectivity index (χ3v) is 6.79. The number of hydrogen-bond donors (Lipinski definition) is 3. The number of nitrogens with zero attached hydrogens (tertiary/aromatic N) is 3. The Morgan fingerprint density at radius 2 is 1.95 bits per heavy atom. The quantitative estimate of drug-likeness (QED) is 0.255. The van der Waals surface area contributed by atoms with Crippen molar-refractivity contribution in [2.24, 2.45) is 0 Å². The van der Waals surface area contributed by atoms with Crippen LogP contribution in [-0.2, 0) is 20.9 Å². The highest BCUT2D eigenvalue weighted by Gasteiger charge is 2.41. The van der Waals surface area contributed by atoms with E-state index in [0.29, 0.717) is 11.3 Å². The maximum atomic E-state index is 14.2. The van der Waals surface area contributed by atoms with Crippen molar-refractivity contribution >= 4 is 28.6 Å². The summed E-state index contributed by atoms with van der Waals surface area (Å²) in [6.07, 6.45) is 3.35. The molecule has 43 heavy (non-hydrogen) atoms. The lowest BCUT2D eigenvalue weighted by atomic mass is 10.2. The highest BCUT2D eigenvalue weighted by Crippen LogP contribution is 2.26. The molecule has 3 aromatic heterocycles. The number of ether oxygens (including phenoxy) is 2. The van der Waals surface area contributed by atoms with E-state index in [1.54, 1.807) is 31.5 Å². The van der Waals surface area contributed by atoms with Crippen LogP contribution < -0.4 is 15.4 Å². The van der Waals surface area contributed by atoms with Crippen molar-refractivity contribution in [3.05, 3.63) is 83.8 Å². The third-order valence-electron chi connectivity index (χ3n) is 6.79. The number of halogens is 3. The largest absolute Gasteiger partial charge is 0.454 e. The molecule has 0 spiro atoms. The first-order valence-corrected chi connectivity index (χ1v) is 13.3. The number of H-pyrrole nitrogens is 1. The van der Waals surface area contributed by atoms with Crippen LogP contribution in [0.1, 0.15) is 28.2 Å². The van der Waals surface area contributed by atoms with E-state index < -0.39 is 48.8 Å². The van der Waals surface area contributed by atoms with Gasteiger partial charge >= 0.3 is 6.61 Å². The smallest absolute Gasteiger partial charge is 0.345 e. The van der Waals surface area contributed by atoms with Crippen LogP contribution in [0.25, 0.3) is 10.9 Å². The Balaban J connectivity index is 1.20. The molecule has 2 atom stereocenters. The first-order valence-electron chi connectivity index (χ1n) is 13.3. The van der Waals surface area contributed by atoms with Gasteiger partial charge in [-0.15, -0.1) is 0 Å². The van der Waals surface area contributed by atoms with Crippen molar-refractivity contribution < 1.29 is 37.0 Å². The van der Waals surface area contributed by atoms with Crippen molar-refractivity contribution in [3.8, 4) is 11.5 Å². The van der Waals surface area contributed by atoms with Crippen LogP contribution in [0.5, 0.6) is 11.5 Å². The van der Waals surface area contributed by atoms with Crippen LogP contribution in [0.3, 0.4) is 0 Å². The number of aryl methyl sites for hydroxylation is 1. The lowest BCUT2D eigenvalue weighted by Crippen LogP contribution is -2.49. The number of aromatic amines is 1. The number of rotatable bonds is 10. The minimum Gasteiger partial charge on any atom is -0.454 e. The molecule has 11 nitrogen and oxygen atoms in total. The van der Waals surface area contributed by atoms with Crippen molar-refractivity contribution in [1.82, 2.24) is 30.5 Å². The second-order valence-electron chi connectivity index (χ2n) is 9.89. The molecule has 4 heterocycles. The Morgan fingerprint density at radius 3 is 2.72 bits per heavy atom. The van der Waals surface area contributed by atoms with Crippen LogP contribution in [0, 0.1) is 12.7 Å². The normalized spacial score (nSPS) is 16.4. The number of carbonyl (C=O) groups excluding carboxylic acids is 3. The van der Waals surface area contributed by atoms with Crippen molar-refractivity contribution in [1.29, 1.82) is 0 Å². The van der Waals surface area contributed by atoms with Gasteiger partial charge in [0.2, 0.25) is 11.8 Å². The van der Waals surface area contributed by atoms with Gasteiger partial charge < -0.3 is 30.0 Å². The lowest BCUT2D eigenvalue weighted by molar-refractivity contribution is -0.160. The zero-order valence-electron chi connectivity index (χ0n) is 22.9. The third kappa shape index (κ3) is 7.27. The lowest BCUT2D eigenvalue weighted by Gasteiger charge is -2.23. The summed E-state index contributed by atoms with van der Waals surface area (Å²) in [6.45, 7) is -2.07. The fourth-order valence-corrected chi connectivity index (χ4v) is 4.76. The number of fused-ring (bicyclic) bond motifs is 1. The molecule has 4 aromatic rings. The molecule has 1 saturated heterocycles. The topological polar surface area (TPSA) is 139 Å². The number of aromatic nitrogens is 3. The SMILES string of the molecule is Cc1ccc(Oc2ccnc(C(=O)NCC(=O)N3C[C@H](OC(F)F)C[C@H]3C(=O)NCc3cc4cnccc4[nH]3)c2)c(F)c1. The second kappa shape index (κ2) is 12.9. The van der Waals surface area contributed by atoms with Gasteiger partial charge in [0.1, 0.15) is 17.5 Å². The Kier molecular flexibility index (Phi) is 8.85. The van der Waals surface area contributed by atoms with E-state index in [-0.39, 0.29) is 36.7 Å². The molecule has 3 amide bonds. The highest BCUT2D eigenvalue weighted by molar-refractivity contribution is 5.96. The van der Waals surface area contributed by atoms with Gasteiger partial charge in [0, 0.05) is 54.2 Å². The van der Waals surface area contributed by atoms with E-state index in [1.165, 1.54) is 30.5 Å². The number of amides is 3. The second-order valence-corrected chi connectivity index (χ2v) is 9.89. The van der Waals surface area contributed by atoms with E-state index in [2.05, 4.69) is 30.3 Å². The van der Waals surface area contributed by atoms with Crippen molar-refractivity contribution in [2.75, 3.05) is 13.1 Å². The summed E-state index contributed by atoms with van der Waals surface area (Å²) in [5.41, 5.74) is 2.11. The number of benzene rings is 1. The average molecular weight is 597 g/mol. The molecule has 1 aromatic carbocycles. The summed E-state index contributed by atoms with van der Waals surface area (Å²) >= 11 is 0. The van der Waals surface area contributed by atoms with E-state index in [4.69, 9.17) is 4.74 Å². The maximum Gasteiger partial charge on any atom is 0.345 e. The van der Waals surface area contributed by atoms with Gasteiger partial charge in [0.05, 0.1) is 19.2 Å². The molecular formula is C29H27F3N6O5. The number of alkyl halides is 2. The standard InChI is InChI=1S/C29H27F3N6O5/c1-16-2-3-25(21(30)8-16)42-19-4-7-34-23(10-19)27(40)36-14-26(39)38-15-20(43-29(31)32)11-24(38)28(41)35-13-18-9-17-12-33-6-5-22(17)37-18/h2-10,12,20,24,29,37H,11,13-15H2,1H3,(H,35,41)(H,36,40)/t20-,24+/m1/s1. The Labute approximate surface area is 243 Å². The van der Waals surface area contributed by atoms with Gasteiger partial charge in [-0.25, -0.2) is 4.39 Å². The summed E-state index contributed by atoms with van der Waals surface area (Å²) in [6, 6.07) is 9.63. The van der Waals surface area contributed by atoms with Gasteiger partial charge in [-0.3, -0.25) is 24.4 Å². The predicted molar refractivity (Wildman–Crippen MR) is 147 cm³/mol. The molecule has 1 fully saturated rings. The van der Waals surface area contributed by atoms with Gasteiger partial charge in [-0.05, 0) is 42.8 Å². The van der Waals surface area contributed by atoms with Crippen LogP contribution in [-0.4, -0.2) is 69.4 Å². The number of hydrogen-bond acceptors (Lipinski definition) is 7.